The molecule has 0 unspecified atom stereocenters. The van der Waals surface area contributed by atoms with E-state index in [-0.39, 0.29) is 55.9 Å². The Morgan fingerprint density at radius 3 is 2.10 bits per heavy atom. The van der Waals surface area contributed by atoms with Crippen LogP contribution in [0.3, 0.4) is 0 Å². The number of carbonyl (C=O) groups excluding carboxylic acids is 2. The third kappa shape index (κ3) is 8.02. The first-order valence-electron chi connectivity index (χ1n) is 5.62. The fraction of sp³-hybridized carbons (Fsp3) is 0.700. The molecule has 1 aliphatic rings. The number of amides is 1. The Morgan fingerprint density at radius 1 is 1.33 bits per heavy atom. The summed E-state index contributed by atoms with van der Waals surface area (Å²) in [5.74, 6) is 0.0903. The molecule has 120 valence electrons. The van der Waals surface area contributed by atoms with E-state index in [1.165, 1.54) is 0 Å². The monoisotopic (exact) mass is 335 g/mol. The van der Waals surface area contributed by atoms with Crippen molar-refractivity contribution < 1.29 is 35.1 Å². The van der Waals surface area contributed by atoms with Gasteiger partial charge in [-0.3, -0.25) is 15.5 Å². The van der Waals surface area contributed by atoms with Crippen LogP contribution in [0.15, 0.2) is 0 Å². The number of aliphatic hydroxyl groups excluding tert-OH is 5. The van der Waals surface area contributed by atoms with Gasteiger partial charge in [-0.15, -0.1) is 0 Å². The Morgan fingerprint density at radius 2 is 1.86 bits per heavy atom. The molecule has 11 heteroatoms. The van der Waals surface area contributed by atoms with Gasteiger partial charge in [-0.1, -0.05) is 0 Å². The SMILES string of the molecule is CN1CC(=O)NC1=N.O=C[C@H](O)[C@@H](O)[C@H](O)[C@H](O)CO.[CaH2]. The second-order valence-electron chi connectivity index (χ2n) is 4.11. The molecule has 0 aliphatic carbocycles. The number of guanidine groups is 1. The molecule has 0 radical (unpaired) electrons. The molecule has 0 aromatic heterocycles. The Kier molecular flexibility index (Phi) is 12.3. The standard InChI is InChI=1S/C6H12O6.C4H7N3O.Ca.2H/c7-1-3(9)5(11)6(12)4(10)2-8;1-7-2-3(8)6-4(7)5;;;/h1,3-6,8-12H,2H2;2H2,1H3,(H2,5,6,8);;;/t3-,4+,5+,6+;;;;/m0..../s1. The van der Waals surface area contributed by atoms with Crippen molar-refractivity contribution in [1.29, 1.82) is 5.41 Å². The average molecular weight is 335 g/mol. The van der Waals surface area contributed by atoms with Crippen LogP contribution >= 0.6 is 0 Å². The number of rotatable bonds is 5. The van der Waals surface area contributed by atoms with Crippen molar-refractivity contribution >= 4 is 55.9 Å². The minimum absolute atomic E-state index is 0. The fourth-order valence-corrected chi connectivity index (χ4v) is 1.18. The molecule has 0 spiro atoms. The molecule has 0 bridgehead atoms. The Hall–Kier alpha value is -0.330. The van der Waals surface area contributed by atoms with Crippen LogP contribution in [0.5, 0.6) is 0 Å². The first kappa shape index (κ1) is 22.9. The van der Waals surface area contributed by atoms with E-state index in [4.69, 9.17) is 30.9 Å². The van der Waals surface area contributed by atoms with E-state index in [1.54, 1.807) is 11.9 Å². The van der Waals surface area contributed by atoms with Gasteiger partial charge < -0.3 is 35.2 Å². The summed E-state index contributed by atoms with van der Waals surface area (Å²) < 4.78 is 0. The predicted molar refractivity (Wildman–Crippen MR) is 74.2 cm³/mol. The molecule has 1 saturated heterocycles. The molecule has 21 heavy (non-hydrogen) atoms. The first-order chi connectivity index (χ1) is 9.24. The number of aliphatic hydroxyl groups is 5. The Labute approximate surface area is 150 Å². The zero-order valence-corrected chi connectivity index (χ0v) is 10.8. The van der Waals surface area contributed by atoms with E-state index in [1.807, 2.05) is 0 Å². The van der Waals surface area contributed by atoms with Crippen molar-refractivity contribution in [3.63, 3.8) is 0 Å². The van der Waals surface area contributed by atoms with Crippen LogP contribution in [0.25, 0.3) is 0 Å². The van der Waals surface area contributed by atoms with E-state index >= 15 is 0 Å². The first-order valence-corrected chi connectivity index (χ1v) is 5.62. The second-order valence-corrected chi connectivity index (χ2v) is 4.11. The number of carbonyl (C=O) groups is 2. The van der Waals surface area contributed by atoms with Crippen LogP contribution in [-0.4, -0.2) is 131 Å². The molecule has 4 atom stereocenters. The van der Waals surface area contributed by atoms with Gasteiger partial charge in [0.05, 0.1) is 13.2 Å². The van der Waals surface area contributed by atoms with Gasteiger partial charge >= 0.3 is 37.7 Å². The maximum absolute atomic E-state index is 10.4. The summed E-state index contributed by atoms with van der Waals surface area (Å²) >= 11 is 0. The fourth-order valence-electron chi connectivity index (χ4n) is 1.18. The molecular weight excluding hydrogens is 314 g/mol. The van der Waals surface area contributed by atoms with Crippen LogP contribution < -0.4 is 5.32 Å². The number of likely N-dealkylation sites (N-methyl/N-ethyl adjacent to an activating group) is 1. The molecule has 1 heterocycles. The van der Waals surface area contributed by atoms with Gasteiger partial charge in [0.2, 0.25) is 5.91 Å². The molecule has 0 saturated carbocycles. The topological polar surface area (TPSA) is 174 Å². The quantitative estimate of drug-likeness (QED) is 0.192. The number of nitrogens with zero attached hydrogens (tertiary/aromatic N) is 1. The van der Waals surface area contributed by atoms with Crippen molar-refractivity contribution in [2.75, 3.05) is 20.2 Å². The molecule has 1 aliphatic heterocycles. The van der Waals surface area contributed by atoms with Gasteiger partial charge in [0, 0.05) is 7.05 Å². The molecule has 1 fully saturated rings. The van der Waals surface area contributed by atoms with Gasteiger partial charge in [0.15, 0.2) is 12.2 Å². The molecule has 10 nitrogen and oxygen atoms in total. The molecule has 0 aromatic carbocycles. The minimum atomic E-state index is -1.79. The zero-order chi connectivity index (χ0) is 15.9. The third-order valence-corrected chi connectivity index (χ3v) is 2.44. The average Bonchev–Trinajstić information content (AvgIpc) is 2.72. The van der Waals surface area contributed by atoms with Gasteiger partial charge in [0.1, 0.15) is 24.4 Å². The summed E-state index contributed by atoms with van der Waals surface area (Å²) in [7, 11) is 1.69. The van der Waals surface area contributed by atoms with Crippen LogP contribution in [0.1, 0.15) is 0 Å². The Bertz CT molecular complexity index is 358. The van der Waals surface area contributed by atoms with Gasteiger partial charge in [-0.25, -0.2) is 0 Å². The number of hydrogen-bond acceptors (Lipinski definition) is 8. The van der Waals surface area contributed by atoms with Crippen LogP contribution in [0, 0.1) is 5.41 Å². The zero-order valence-electron chi connectivity index (χ0n) is 10.8. The van der Waals surface area contributed by atoms with Crippen molar-refractivity contribution in [2.45, 2.75) is 24.4 Å². The number of aldehydes is 1. The van der Waals surface area contributed by atoms with Crippen molar-refractivity contribution in [1.82, 2.24) is 10.2 Å². The molecule has 1 amide bonds. The molecule has 1 rings (SSSR count). The molecular formula is C10H21CaN3O7. The third-order valence-electron chi connectivity index (χ3n) is 2.44. The van der Waals surface area contributed by atoms with Gasteiger partial charge in [0.25, 0.3) is 0 Å². The molecule has 0 aromatic rings. The summed E-state index contributed by atoms with van der Waals surface area (Å²) in [6.07, 6.45) is -6.84. The van der Waals surface area contributed by atoms with Crippen LogP contribution in [0.2, 0.25) is 0 Å². The van der Waals surface area contributed by atoms with Crippen molar-refractivity contribution in [2.24, 2.45) is 0 Å². The van der Waals surface area contributed by atoms with E-state index in [0.29, 0.717) is 6.54 Å². The second kappa shape index (κ2) is 11.3. The van der Waals surface area contributed by atoms with Gasteiger partial charge in [-0.05, 0) is 0 Å². The summed E-state index contributed by atoms with van der Waals surface area (Å²) in [6, 6.07) is 0. The number of hydrogen-bond donors (Lipinski definition) is 7. The van der Waals surface area contributed by atoms with Gasteiger partial charge in [-0.2, -0.15) is 0 Å². The Balaban J connectivity index is 0. The van der Waals surface area contributed by atoms with Crippen molar-refractivity contribution in [3.8, 4) is 0 Å². The van der Waals surface area contributed by atoms with E-state index in [0.717, 1.165) is 0 Å². The molecule has 7 N–H and O–H groups in total. The summed E-state index contributed by atoms with van der Waals surface area (Å²) in [4.78, 5) is 21.8. The van der Waals surface area contributed by atoms with E-state index in [9.17, 15) is 9.59 Å². The summed E-state index contributed by atoms with van der Waals surface area (Å²) in [5, 5.41) is 52.9. The van der Waals surface area contributed by atoms with Crippen molar-refractivity contribution in [3.05, 3.63) is 0 Å². The summed E-state index contributed by atoms with van der Waals surface area (Å²) in [6.45, 7) is -0.442. The van der Waals surface area contributed by atoms with Crippen LogP contribution in [-0.2, 0) is 9.59 Å². The number of nitrogens with one attached hydrogen (secondary N) is 2. The van der Waals surface area contributed by atoms with E-state index < -0.39 is 31.0 Å². The predicted octanol–water partition coefficient (Wildman–Crippen LogP) is -5.31. The van der Waals surface area contributed by atoms with Crippen LogP contribution in [0.4, 0.5) is 0 Å². The maximum atomic E-state index is 10.4. The van der Waals surface area contributed by atoms with E-state index in [2.05, 4.69) is 5.32 Å². The normalized spacial score (nSPS) is 19.4. The summed E-state index contributed by atoms with van der Waals surface area (Å²) in [5.41, 5.74) is 0.